The Morgan fingerprint density at radius 1 is 1.07 bits per heavy atom. The summed E-state index contributed by atoms with van der Waals surface area (Å²) in [6.45, 7) is 6.27. The molecule has 2 aromatic heterocycles. The molecule has 0 aliphatic rings. The van der Waals surface area contributed by atoms with Gasteiger partial charge in [-0.15, -0.1) is 11.3 Å². The highest BCUT2D eigenvalue weighted by Gasteiger charge is 2.13. The maximum Gasteiger partial charge on any atom is 0.135 e. The summed E-state index contributed by atoms with van der Waals surface area (Å²) in [6.07, 6.45) is 1.95. The molecular formula is C23H19N3S. The Morgan fingerprint density at radius 2 is 1.81 bits per heavy atom. The van der Waals surface area contributed by atoms with Crippen molar-refractivity contribution in [2.24, 2.45) is 0 Å². The summed E-state index contributed by atoms with van der Waals surface area (Å²) in [7, 11) is 0. The number of hydrogen-bond acceptors (Lipinski definition) is 3. The second kappa shape index (κ2) is 6.86. The first kappa shape index (κ1) is 17.3. The SMILES string of the molecule is Cc1ccc(-n2c(C)cc(C=C(C#N)c3nc4ccccc4s3)c2C)cc1. The van der Waals surface area contributed by atoms with Crippen molar-refractivity contribution in [3.63, 3.8) is 0 Å². The predicted molar refractivity (Wildman–Crippen MR) is 113 cm³/mol. The van der Waals surface area contributed by atoms with Crippen molar-refractivity contribution in [2.75, 3.05) is 0 Å². The number of para-hydroxylation sites is 1. The largest absolute Gasteiger partial charge is 0.318 e. The first-order valence-corrected chi connectivity index (χ1v) is 9.62. The Bertz CT molecular complexity index is 1170. The molecule has 3 nitrogen and oxygen atoms in total. The molecule has 0 aliphatic heterocycles. The van der Waals surface area contributed by atoms with Gasteiger partial charge >= 0.3 is 0 Å². The molecule has 4 aromatic rings. The van der Waals surface area contributed by atoms with Crippen molar-refractivity contribution >= 4 is 33.2 Å². The molecule has 4 heteroatoms. The summed E-state index contributed by atoms with van der Waals surface area (Å²) < 4.78 is 3.32. The molecule has 2 heterocycles. The molecule has 0 N–H and O–H groups in total. The average Bonchev–Trinajstić information content (AvgIpc) is 3.21. The molecule has 0 saturated heterocycles. The Kier molecular flexibility index (Phi) is 4.39. The van der Waals surface area contributed by atoms with Gasteiger partial charge in [-0.25, -0.2) is 4.98 Å². The van der Waals surface area contributed by atoms with Crippen LogP contribution in [0.25, 0.3) is 27.6 Å². The number of aromatic nitrogens is 2. The minimum atomic E-state index is 0.598. The summed E-state index contributed by atoms with van der Waals surface area (Å²) in [4.78, 5) is 4.63. The van der Waals surface area contributed by atoms with Gasteiger partial charge in [0.1, 0.15) is 11.1 Å². The van der Waals surface area contributed by atoms with Crippen molar-refractivity contribution < 1.29 is 0 Å². The maximum atomic E-state index is 9.72. The zero-order valence-electron chi connectivity index (χ0n) is 15.5. The van der Waals surface area contributed by atoms with E-state index in [1.54, 1.807) is 11.3 Å². The lowest BCUT2D eigenvalue weighted by Crippen LogP contribution is -1.98. The molecule has 0 bridgehead atoms. The Morgan fingerprint density at radius 3 is 2.52 bits per heavy atom. The molecule has 0 atom stereocenters. The summed E-state index contributed by atoms with van der Waals surface area (Å²) in [5.74, 6) is 0. The third-order valence-electron chi connectivity index (χ3n) is 4.71. The van der Waals surface area contributed by atoms with Gasteiger partial charge in [-0.1, -0.05) is 29.8 Å². The third-order valence-corrected chi connectivity index (χ3v) is 5.78. The van der Waals surface area contributed by atoms with E-state index in [2.05, 4.69) is 66.7 Å². The standard InChI is InChI=1S/C23H19N3S/c1-15-8-10-20(11-9-15)26-16(2)12-18(17(26)3)13-19(14-24)23-25-21-6-4-5-7-22(21)27-23/h4-13H,1-3H3. The number of benzene rings is 2. The second-order valence-electron chi connectivity index (χ2n) is 6.65. The van der Waals surface area contributed by atoms with Gasteiger partial charge in [0.05, 0.1) is 15.8 Å². The van der Waals surface area contributed by atoms with E-state index in [0.29, 0.717) is 5.57 Å². The van der Waals surface area contributed by atoms with Gasteiger partial charge in [0.2, 0.25) is 0 Å². The summed E-state index contributed by atoms with van der Waals surface area (Å²) in [5, 5.41) is 10.5. The highest BCUT2D eigenvalue weighted by atomic mass is 32.1. The number of nitriles is 1. The van der Waals surface area contributed by atoms with Crippen molar-refractivity contribution in [3.05, 3.63) is 82.1 Å². The van der Waals surface area contributed by atoms with Gasteiger partial charge in [-0.05, 0) is 62.7 Å². The van der Waals surface area contributed by atoms with Crippen molar-refractivity contribution in [2.45, 2.75) is 20.8 Å². The number of hydrogen-bond donors (Lipinski definition) is 0. The van der Waals surface area contributed by atoms with Crippen LogP contribution in [0.3, 0.4) is 0 Å². The number of thiazole rings is 1. The number of fused-ring (bicyclic) bond motifs is 1. The lowest BCUT2D eigenvalue weighted by molar-refractivity contribution is 0.963. The summed E-state index contributed by atoms with van der Waals surface area (Å²) in [6, 6.07) is 20.9. The Hall–Kier alpha value is -3.16. The van der Waals surface area contributed by atoms with E-state index in [4.69, 9.17) is 0 Å². The van der Waals surface area contributed by atoms with Gasteiger partial charge in [-0.3, -0.25) is 0 Å². The van der Waals surface area contributed by atoms with Gasteiger partial charge in [0, 0.05) is 17.1 Å². The number of nitrogens with zero attached hydrogens (tertiary/aromatic N) is 3. The molecule has 0 fully saturated rings. The smallest absolute Gasteiger partial charge is 0.135 e. The average molecular weight is 369 g/mol. The Labute approximate surface area is 162 Å². The molecule has 0 spiro atoms. The quantitative estimate of drug-likeness (QED) is 0.411. The minimum Gasteiger partial charge on any atom is -0.318 e. The molecule has 0 unspecified atom stereocenters. The normalized spacial score (nSPS) is 11.7. The van der Waals surface area contributed by atoms with E-state index in [9.17, 15) is 5.26 Å². The van der Waals surface area contributed by atoms with Crippen molar-refractivity contribution in [1.82, 2.24) is 9.55 Å². The molecule has 0 amide bonds. The van der Waals surface area contributed by atoms with Gasteiger partial charge in [-0.2, -0.15) is 5.26 Å². The minimum absolute atomic E-state index is 0.598. The molecular weight excluding hydrogens is 350 g/mol. The molecule has 4 rings (SSSR count). The van der Waals surface area contributed by atoms with Crippen molar-refractivity contribution in [1.29, 1.82) is 5.26 Å². The van der Waals surface area contributed by atoms with Crippen LogP contribution in [0.2, 0.25) is 0 Å². The number of rotatable bonds is 3. The third kappa shape index (κ3) is 3.18. The molecule has 0 aliphatic carbocycles. The zero-order valence-corrected chi connectivity index (χ0v) is 16.3. The monoisotopic (exact) mass is 369 g/mol. The lowest BCUT2D eigenvalue weighted by atomic mass is 10.1. The van der Waals surface area contributed by atoms with E-state index in [1.807, 2.05) is 30.3 Å². The molecule has 2 aromatic carbocycles. The second-order valence-corrected chi connectivity index (χ2v) is 7.68. The first-order valence-electron chi connectivity index (χ1n) is 8.80. The summed E-state index contributed by atoms with van der Waals surface area (Å²) >= 11 is 1.56. The highest BCUT2D eigenvalue weighted by Crippen LogP contribution is 2.30. The van der Waals surface area contributed by atoms with Gasteiger partial charge in [0.25, 0.3) is 0 Å². The van der Waals surface area contributed by atoms with Crippen LogP contribution in [-0.4, -0.2) is 9.55 Å². The van der Waals surface area contributed by atoms with E-state index < -0.39 is 0 Å². The molecule has 0 radical (unpaired) electrons. The van der Waals surface area contributed by atoms with E-state index >= 15 is 0 Å². The summed E-state index contributed by atoms with van der Waals surface area (Å²) in [5.41, 5.74) is 7.21. The highest BCUT2D eigenvalue weighted by molar-refractivity contribution is 7.19. The van der Waals surface area contributed by atoms with E-state index in [-0.39, 0.29) is 0 Å². The van der Waals surface area contributed by atoms with Crippen LogP contribution in [0.5, 0.6) is 0 Å². The maximum absolute atomic E-state index is 9.72. The molecule has 132 valence electrons. The van der Waals surface area contributed by atoms with Crippen molar-refractivity contribution in [3.8, 4) is 11.8 Å². The van der Waals surface area contributed by atoms with Crippen LogP contribution in [-0.2, 0) is 0 Å². The van der Waals surface area contributed by atoms with Crippen LogP contribution >= 0.6 is 11.3 Å². The topological polar surface area (TPSA) is 41.6 Å². The predicted octanol–water partition coefficient (Wildman–Crippen LogP) is 6.08. The van der Waals surface area contributed by atoms with Gasteiger partial charge < -0.3 is 4.57 Å². The van der Waals surface area contributed by atoms with Crippen LogP contribution < -0.4 is 0 Å². The molecule has 27 heavy (non-hydrogen) atoms. The number of aryl methyl sites for hydroxylation is 2. The van der Waals surface area contributed by atoms with Crippen LogP contribution in [0.1, 0.15) is 27.5 Å². The fourth-order valence-corrected chi connectivity index (χ4v) is 4.24. The van der Waals surface area contributed by atoms with Crippen LogP contribution in [0, 0.1) is 32.1 Å². The number of allylic oxidation sites excluding steroid dienone is 1. The van der Waals surface area contributed by atoms with E-state index in [1.165, 1.54) is 5.56 Å². The Balaban J connectivity index is 1.79. The fraction of sp³-hybridized carbons (Fsp3) is 0.130. The van der Waals surface area contributed by atoms with E-state index in [0.717, 1.165) is 37.9 Å². The van der Waals surface area contributed by atoms with Gasteiger partial charge in [0.15, 0.2) is 0 Å². The first-order chi connectivity index (χ1) is 13.1. The van der Waals surface area contributed by atoms with Crippen LogP contribution in [0.15, 0.2) is 54.6 Å². The molecule has 0 saturated carbocycles. The fourth-order valence-electron chi connectivity index (χ4n) is 3.31. The lowest BCUT2D eigenvalue weighted by Gasteiger charge is -2.10. The van der Waals surface area contributed by atoms with Crippen LogP contribution in [0.4, 0.5) is 0 Å². The zero-order chi connectivity index (χ0) is 19.0.